The van der Waals surface area contributed by atoms with Gasteiger partial charge in [0.2, 0.25) is 0 Å². The third-order valence-corrected chi connectivity index (χ3v) is 10.8. The summed E-state index contributed by atoms with van der Waals surface area (Å²) in [6, 6.07) is 52.8. The SMILES string of the molecule is c1ccc2c(c1)Sc1cccc3c4c5c(-c6ccc7ccccc7c6)cccc5n(-c5ccc6oc7ccccc7c6c5)c4n-2c13. The van der Waals surface area contributed by atoms with E-state index >= 15 is 0 Å². The number of furan rings is 1. The number of benzene rings is 7. The molecule has 0 amide bonds. The average Bonchev–Trinajstić information content (AvgIpc) is 3.76. The molecule has 46 heavy (non-hydrogen) atoms. The van der Waals surface area contributed by atoms with Gasteiger partial charge >= 0.3 is 0 Å². The maximum Gasteiger partial charge on any atom is 0.135 e. The zero-order chi connectivity index (χ0) is 29.9. The van der Waals surface area contributed by atoms with E-state index in [1.807, 2.05) is 23.9 Å². The third-order valence-electron chi connectivity index (χ3n) is 9.68. The summed E-state index contributed by atoms with van der Waals surface area (Å²) in [6.45, 7) is 0. The average molecular weight is 605 g/mol. The summed E-state index contributed by atoms with van der Waals surface area (Å²) < 4.78 is 11.2. The second kappa shape index (κ2) is 8.94. The minimum Gasteiger partial charge on any atom is -0.456 e. The molecule has 0 saturated heterocycles. The van der Waals surface area contributed by atoms with Gasteiger partial charge in [-0.05, 0) is 76.5 Å². The molecule has 0 fully saturated rings. The van der Waals surface area contributed by atoms with Crippen LogP contribution in [0.15, 0.2) is 160 Å². The third kappa shape index (κ3) is 3.19. The molecule has 4 heteroatoms. The summed E-state index contributed by atoms with van der Waals surface area (Å²) in [6.07, 6.45) is 0. The van der Waals surface area contributed by atoms with Crippen molar-refractivity contribution in [3.8, 4) is 22.5 Å². The monoisotopic (exact) mass is 604 g/mol. The molecular weight excluding hydrogens is 581 g/mol. The predicted molar refractivity (Wildman–Crippen MR) is 192 cm³/mol. The molecule has 0 atom stereocenters. The first-order chi connectivity index (χ1) is 22.8. The first-order valence-corrected chi connectivity index (χ1v) is 16.4. The normalized spacial score (nSPS) is 12.7. The smallest absolute Gasteiger partial charge is 0.135 e. The summed E-state index contributed by atoms with van der Waals surface area (Å²) in [5.74, 6) is 0. The Morgan fingerprint density at radius 2 is 1.28 bits per heavy atom. The fourth-order valence-electron chi connectivity index (χ4n) is 7.73. The summed E-state index contributed by atoms with van der Waals surface area (Å²) >= 11 is 1.86. The number of hydrogen-bond donors (Lipinski definition) is 0. The summed E-state index contributed by atoms with van der Waals surface area (Å²) in [4.78, 5) is 2.55. The Kier molecular flexibility index (Phi) is 4.78. The van der Waals surface area contributed by atoms with Crippen molar-refractivity contribution in [2.45, 2.75) is 9.79 Å². The summed E-state index contributed by atoms with van der Waals surface area (Å²) in [5, 5.41) is 8.59. The number of nitrogens with zero attached hydrogens (tertiary/aromatic N) is 2. The number of aromatic nitrogens is 2. The molecule has 1 aliphatic heterocycles. The number of para-hydroxylation sites is 3. The van der Waals surface area contributed by atoms with Crippen molar-refractivity contribution in [2.75, 3.05) is 0 Å². The maximum atomic E-state index is 6.26. The lowest BCUT2D eigenvalue weighted by Crippen LogP contribution is -2.05. The topological polar surface area (TPSA) is 23.0 Å². The molecular formula is C42H24N2OS. The highest BCUT2D eigenvalue weighted by Crippen LogP contribution is 2.51. The highest BCUT2D eigenvalue weighted by atomic mass is 32.2. The minimum atomic E-state index is 0.903. The van der Waals surface area contributed by atoms with Crippen molar-refractivity contribution in [3.05, 3.63) is 146 Å². The van der Waals surface area contributed by atoms with E-state index in [1.54, 1.807) is 0 Å². The molecule has 7 aromatic carbocycles. The van der Waals surface area contributed by atoms with Gasteiger partial charge in [0.15, 0.2) is 0 Å². The van der Waals surface area contributed by atoms with Crippen LogP contribution in [0.5, 0.6) is 0 Å². The molecule has 0 spiro atoms. The first-order valence-electron chi connectivity index (χ1n) is 15.6. The highest BCUT2D eigenvalue weighted by Gasteiger charge is 2.29. The fourth-order valence-corrected chi connectivity index (χ4v) is 8.82. The highest BCUT2D eigenvalue weighted by molar-refractivity contribution is 7.99. The van der Waals surface area contributed by atoms with Crippen molar-refractivity contribution in [1.29, 1.82) is 0 Å². The molecule has 10 aromatic rings. The minimum absolute atomic E-state index is 0.903. The van der Waals surface area contributed by atoms with Crippen LogP contribution in [0.4, 0.5) is 0 Å². The Bertz CT molecular complexity index is 2900. The van der Waals surface area contributed by atoms with Crippen LogP contribution in [0.2, 0.25) is 0 Å². The van der Waals surface area contributed by atoms with Gasteiger partial charge in [0.1, 0.15) is 16.8 Å². The van der Waals surface area contributed by atoms with Crippen LogP contribution in [0.25, 0.3) is 88.1 Å². The largest absolute Gasteiger partial charge is 0.456 e. The second-order valence-corrected chi connectivity index (χ2v) is 13.2. The Morgan fingerprint density at radius 1 is 0.500 bits per heavy atom. The molecule has 0 bridgehead atoms. The molecule has 3 aromatic heterocycles. The van der Waals surface area contributed by atoms with Crippen LogP contribution >= 0.6 is 11.8 Å². The summed E-state index contributed by atoms with van der Waals surface area (Å²) in [7, 11) is 0. The summed E-state index contributed by atoms with van der Waals surface area (Å²) in [5.41, 5.74) is 10.3. The number of fused-ring (bicyclic) bond motifs is 11. The molecule has 11 rings (SSSR count). The lowest BCUT2D eigenvalue weighted by molar-refractivity contribution is 0.669. The van der Waals surface area contributed by atoms with Gasteiger partial charge in [-0.15, -0.1) is 0 Å². The van der Waals surface area contributed by atoms with Gasteiger partial charge < -0.3 is 4.42 Å². The Labute approximate surface area is 267 Å². The molecule has 0 N–H and O–H groups in total. The zero-order valence-electron chi connectivity index (χ0n) is 24.6. The number of hydrogen-bond acceptors (Lipinski definition) is 2. The Morgan fingerprint density at radius 3 is 2.26 bits per heavy atom. The second-order valence-electron chi connectivity index (χ2n) is 12.1. The van der Waals surface area contributed by atoms with Crippen molar-refractivity contribution in [3.63, 3.8) is 0 Å². The van der Waals surface area contributed by atoms with E-state index in [9.17, 15) is 0 Å². The van der Waals surface area contributed by atoms with E-state index < -0.39 is 0 Å². The Hall–Kier alpha value is -5.71. The van der Waals surface area contributed by atoms with Gasteiger partial charge in [-0.1, -0.05) is 103 Å². The fraction of sp³-hybridized carbons (Fsp3) is 0. The lowest BCUT2D eigenvalue weighted by atomic mass is 9.97. The number of rotatable bonds is 2. The van der Waals surface area contributed by atoms with Crippen LogP contribution in [0.3, 0.4) is 0 Å². The molecule has 3 nitrogen and oxygen atoms in total. The molecule has 214 valence electrons. The van der Waals surface area contributed by atoms with E-state index in [-0.39, 0.29) is 0 Å². The van der Waals surface area contributed by atoms with Gasteiger partial charge in [-0.25, -0.2) is 0 Å². The van der Waals surface area contributed by atoms with Crippen LogP contribution in [0.1, 0.15) is 0 Å². The molecule has 0 unspecified atom stereocenters. The quantitative estimate of drug-likeness (QED) is 0.196. The van der Waals surface area contributed by atoms with Crippen molar-refractivity contribution >= 4 is 77.3 Å². The molecule has 0 saturated carbocycles. The van der Waals surface area contributed by atoms with Crippen LogP contribution < -0.4 is 0 Å². The van der Waals surface area contributed by atoms with E-state index in [1.165, 1.54) is 70.2 Å². The van der Waals surface area contributed by atoms with E-state index in [0.29, 0.717) is 0 Å². The predicted octanol–water partition coefficient (Wildman–Crippen LogP) is 11.9. The van der Waals surface area contributed by atoms with Gasteiger partial charge in [0.25, 0.3) is 0 Å². The van der Waals surface area contributed by atoms with E-state index in [4.69, 9.17) is 4.42 Å². The molecule has 4 heterocycles. The standard InChI is InChI=1S/C42H24N2OS/c1-2-10-26-23-27(20-19-25(26)9-1)29-12-7-15-34-39(29)40-31-13-8-18-38-41(31)44(33-14-4-6-17-37(33)46-38)42(40)43(34)28-21-22-36-32(24-28)30-11-3-5-16-35(30)45-36/h1-24H. The van der Waals surface area contributed by atoms with Gasteiger partial charge in [-0.2, -0.15) is 0 Å². The van der Waals surface area contributed by atoms with Crippen molar-refractivity contribution in [2.24, 2.45) is 0 Å². The first kappa shape index (κ1) is 24.6. The lowest BCUT2D eigenvalue weighted by Gasteiger charge is -2.21. The Balaban J connectivity index is 1.34. The van der Waals surface area contributed by atoms with Crippen molar-refractivity contribution < 1.29 is 4.42 Å². The molecule has 1 aliphatic rings. The zero-order valence-corrected chi connectivity index (χ0v) is 25.4. The van der Waals surface area contributed by atoms with Crippen LogP contribution in [-0.4, -0.2) is 9.13 Å². The van der Waals surface area contributed by atoms with E-state index in [2.05, 4.69) is 143 Å². The van der Waals surface area contributed by atoms with Gasteiger partial charge in [0, 0.05) is 42.4 Å². The molecule has 0 aliphatic carbocycles. The van der Waals surface area contributed by atoms with Crippen LogP contribution in [-0.2, 0) is 0 Å². The maximum absolute atomic E-state index is 6.26. The van der Waals surface area contributed by atoms with Gasteiger partial charge in [0.05, 0.1) is 16.7 Å². The van der Waals surface area contributed by atoms with Crippen LogP contribution in [0, 0.1) is 0 Å². The van der Waals surface area contributed by atoms with E-state index in [0.717, 1.165) is 27.6 Å². The van der Waals surface area contributed by atoms with Crippen molar-refractivity contribution in [1.82, 2.24) is 9.13 Å². The van der Waals surface area contributed by atoms with Gasteiger partial charge in [-0.3, -0.25) is 9.13 Å². The molecule has 0 radical (unpaired) electrons.